The summed E-state index contributed by atoms with van der Waals surface area (Å²) in [6.07, 6.45) is 14.2. The predicted octanol–water partition coefficient (Wildman–Crippen LogP) is 9.48. The molecule has 4 unspecified atom stereocenters. The van der Waals surface area contributed by atoms with Gasteiger partial charge >= 0.3 is 0 Å². The molecule has 1 N–H and O–H groups in total. The second kappa shape index (κ2) is 9.40. The molecule has 1 fully saturated rings. The highest BCUT2D eigenvalue weighted by Crippen LogP contribution is 2.56. The smallest absolute Gasteiger partial charge is 0.109 e. The highest BCUT2D eigenvalue weighted by molar-refractivity contribution is 7.20. The third-order valence-electron chi connectivity index (χ3n) is 10.9. The first-order valence-corrected chi connectivity index (χ1v) is 17.1. The van der Waals surface area contributed by atoms with E-state index in [4.69, 9.17) is 0 Å². The van der Waals surface area contributed by atoms with Gasteiger partial charge in [0, 0.05) is 20.9 Å². The Labute approximate surface area is 268 Å². The van der Waals surface area contributed by atoms with Gasteiger partial charge in [-0.05, 0) is 80.9 Å². The van der Waals surface area contributed by atoms with Gasteiger partial charge in [0.25, 0.3) is 0 Å². The molecular weight excluding hydrogens is 567 g/mol. The van der Waals surface area contributed by atoms with Gasteiger partial charge in [0.05, 0.1) is 11.7 Å². The lowest BCUT2D eigenvalue weighted by atomic mass is 9.81. The van der Waals surface area contributed by atoms with Crippen LogP contribution in [0.25, 0.3) is 26.8 Å². The van der Waals surface area contributed by atoms with Crippen LogP contribution in [-0.4, -0.2) is 17.2 Å². The van der Waals surface area contributed by atoms with E-state index in [1.807, 2.05) is 11.3 Å². The Morgan fingerprint density at radius 3 is 2.51 bits per heavy atom. The van der Waals surface area contributed by atoms with Crippen LogP contribution < -0.4 is 10.3 Å². The number of hydrogen-bond acceptors (Lipinski definition) is 4. The Bertz CT molecular complexity index is 2120. The fourth-order valence-electron chi connectivity index (χ4n) is 8.79. The van der Waals surface area contributed by atoms with Gasteiger partial charge in [0.15, 0.2) is 0 Å². The second-order valence-electron chi connectivity index (χ2n) is 13.6. The van der Waals surface area contributed by atoms with Crippen molar-refractivity contribution in [1.82, 2.24) is 10.3 Å². The van der Waals surface area contributed by atoms with Crippen LogP contribution in [0.1, 0.15) is 65.0 Å². The maximum absolute atomic E-state index is 4.07. The summed E-state index contributed by atoms with van der Waals surface area (Å²) in [7, 11) is 0. The van der Waals surface area contributed by atoms with Crippen molar-refractivity contribution in [3.8, 4) is 11.1 Å². The summed E-state index contributed by atoms with van der Waals surface area (Å²) >= 11 is 1.97. The zero-order valence-corrected chi connectivity index (χ0v) is 26.4. The van der Waals surface area contributed by atoms with E-state index in [1.165, 1.54) is 65.2 Å². The van der Waals surface area contributed by atoms with Gasteiger partial charge in [0.1, 0.15) is 12.3 Å². The molecule has 0 spiro atoms. The molecule has 0 saturated carbocycles. The largest absolute Gasteiger partial charge is 0.294 e. The average molecular weight is 602 g/mol. The fraction of sp³-hybridized carbons (Fsp3) is 0.220. The third-order valence-corrected chi connectivity index (χ3v) is 12.2. The molecule has 5 aliphatic rings. The van der Waals surface area contributed by atoms with Crippen LogP contribution in [0, 0.1) is 0 Å². The van der Waals surface area contributed by atoms with Gasteiger partial charge in [-0.25, -0.2) is 0 Å². The van der Waals surface area contributed by atoms with Gasteiger partial charge in [-0.1, -0.05) is 117 Å². The molecule has 3 nitrogen and oxygen atoms in total. The number of thiophene rings is 1. The van der Waals surface area contributed by atoms with Crippen LogP contribution in [0.2, 0.25) is 0 Å². The van der Waals surface area contributed by atoms with Crippen molar-refractivity contribution in [1.29, 1.82) is 0 Å². The van der Waals surface area contributed by atoms with E-state index in [2.05, 4.69) is 151 Å². The molecule has 220 valence electrons. The lowest BCUT2D eigenvalue weighted by Gasteiger charge is -2.56. The summed E-state index contributed by atoms with van der Waals surface area (Å²) in [5.41, 5.74) is 12.7. The van der Waals surface area contributed by atoms with Crippen LogP contribution in [0.4, 0.5) is 5.69 Å². The Kier molecular flexibility index (Phi) is 5.44. The second-order valence-corrected chi connectivity index (χ2v) is 14.7. The topological polar surface area (TPSA) is 18.5 Å². The van der Waals surface area contributed by atoms with Gasteiger partial charge in [-0.3, -0.25) is 10.3 Å². The van der Waals surface area contributed by atoms with Crippen LogP contribution >= 0.6 is 11.3 Å². The van der Waals surface area contributed by atoms with Gasteiger partial charge in [-0.15, -0.1) is 11.3 Å². The van der Waals surface area contributed by atoms with Gasteiger partial charge in [0.2, 0.25) is 0 Å². The summed E-state index contributed by atoms with van der Waals surface area (Å²) in [5, 5.41) is 10.8. The summed E-state index contributed by atoms with van der Waals surface area (Å²) in [6.45, 7) is 4.79. The molecule has 0 bridgehead atoms. The Hall–Kier alpha value is -4.22. The van der Waals surface area contributed by atoms with Crippen molar-refractivity contribution in [3.05, 3.63) is 154 Å². The van der Waals surface area contributed by atoms with Crippen molar-refractivity contribution in [3.63, 3.8) is 0 Å². The quantitative estimate of drug-likeness (QED) is 0.222. The molecule has 4 heteroatoms. The lowest BCUT2D eigenvalue weighted by Crippen LogP contribution is -2.71. The van der Waals surface area contributed by atoms with E-state index in [0.717, 1.165) is 12.8 Å². The molecule has 3 aliphatic carbocycles. The number of nitrogens with zero attached hydrogens (tertiary/aromatic N) is 2. The van der Waals surface area contributed by atoms with E-state index >= 15 is 0 Å². The number of nitrogens with one attached hydrogen (secondary N) is 1. The van der Waals surface area contributed by atoms with Crippen molar-refractivity contribution in [2.24, 2.45) is 0 Å². The number of rotatable bonds is 3. The number of benzene rings is 4. The van der Waals surface area contributed by atoms with Crippen molar-refractivity contribution < 1.29 is 0 Å². The molecule has 3 heterocycles. The molecule has 4 aromatic carbocycles. The Morgan fingerprint density at radius 2 is 1.60 bits per heavy atom. The molecule has 1 aromatic heterocycles. The number of fused-ring (bicyclic) bond motifs is 9. The molecule has 4 atom stereocenters. The van der Waals surface area contributed by atoms with E-state index in [-0.39, 0.29) is 23.8 Å². The maximum Gasteiger partial charge on any atom is 0.109 e. The van der Waals surface area contributed by atoms with Crippen molar-refractivity contribution >= 4 is 32.7 Å². The van der Waals surface area contributed by atoms with Gasteiger partial charge < -0.3 is 0 Å². The lowest BCUT2D eigenvalue weighted by molar-refractivity contribution is -0.0122. The number of allylic oxidation sites excluding steroid dienone is 3. The van der Waals surface area contributed by atoms with Gasteiger partial charge in [-0.2, -0.15) is 5.01 Å². The van der Waals surface area contributed by atoms with E-state index < -0.39 is 0 Å². The summed E-state index contributed by atoms with van der Waals surface area (Å²) in [6, 6.07) is 34.3. The fourth-order valence-corrected chi connectivity index (χ4v) is 10.1. The van der Waals surface area contributed by atoms with Crippen molar-refractivity contribution in [2.75, 3.05) is 5.01 Å². The van der Waals surface area contributed by atoms with Crippen LogP contribution in [0.3, 0.4) is 0 Å². The number of aryl methyl sites for hydroxylation is 1. The standard InChI is InChI=1S/C41H35N3S/c1-41(2)33-20-9-6-15-26(33)31-23-32-27-16-7-10-21-35(27)43(36(32)24-34(31)41)44-39(25-13-4-3-5-14-25)42-40(44)30-19-12-18-29-28-17-8-11-22-37(28)45-38(29)30/h3-11,13-17,19-24,27,35,39-40,42H,12,18H2,1-2H3. The first-order chi connectivity index (χ1) is 22.1. The summed E-state index contributed by atoms with van der Waals surface area (Å²) < 4.78 is 1.39. The molecule has 0 amide bonds. The summed E-state index contributed by atoms with van der Waals surface area (Å²) in [4.78, 5) is 1.46. The molecule has 45 heavy (non-hydrogen) atoms. The minimum absolute atomic E-state index is 0.0463. The monoisotopic (exact) mass is 601 g/mol. The number of hydrogen-bond donors (Lipinski definition) is 1. The molecule has 10 rings (SSSR count). The number of anilines is 1. The Balaban J connectivity index is 1.15. The van der Waals surface area contributed by atoms with Crippen LogP contribution in [0.15, 0.2) is 121 Å². The highest BCUT2D eigenvalue weighted by atomic mass is 32.1. The average Bonchev–Trinajstić information content (AvgIpc) is 3.67. The molecular formula is C41H35N3S. The molecule has 0 radical (unpaired) electrons. The van der Waals surface area contributed by atoms with Crippen LogP contribution in [0.5, 0.6) is 0 Å². The number of hydrazine groups is 1. The normalized spacial score (nSPS) is 25.3. The zero-order valence-electron chi connectivity index (χ0n) is 25.6. The molecule has 5 aromatic rings. The van der Waals surface area contributed by atoms with E-state index in [1.54, 1.807) is 0 Å². The third kappa shape index (κ3) is 3.53. The summed E-state index contributed by atoms with van der Waals surface area (Å²) in [5.74, 6) is 0.309. The molecule has 1 saturated heterocycles. The Morgan fingerprint density at radius 1 is 0.800 bits per heavy atom. The first-order valence-electron chi connectivity index (χ1n) is 16.3. The first kappa shape index (κ1) is 26.0. The molecule has 2 aliphatic heterocycles. The predicted molar refractivity (Wildman–Crippen MR) is 187 cm³/mol. The highest BCUT2D eigenvalue weighted by Gasteiger charge is 2.52. The minimum atomic E-state index is -0.0463. The minimum Gasteiger partial charge on any atom is -0.294 e. The maximum atomic E-state index is 4.07. The van der Waals surface area contributed by atoms with Crippen molar-refractivity contribution in [2.45, 2.75) is 56.4 Å². The van der Waals surface area contributed by atoms with Crippen LogP contribution in [-0.2, 0) is 11.8 Å². The van der Waals surface area contributed by atoms with E-state index in [9.17, 15) is 0 Å². The van der Waals surface area contributed by atoms with E-state index in [0.29, 0.717) is 5.92 Å². The SMILES string of the molecule is CC1(C)c2ccccc2-c2cc3c(cc21)N(N1C(C2=CCCc4c2sc2ccccc42)NC1c1ccccc1)C1C=CC=CC31. The zero-order chi connectivity index (χ0) is 29.9.